The van der Waals surface area contributed by atoms with Crippen molar-refractivity contribution in [3.05, 3.63) is 59.7 Å². The number of aromatic nitrogens is 2. The summed E-state index contributed by atoms with van der Waals surface area (Å²) in [7, 11) is 0. The number of nitrogens with zero attached hydrogens (tertiary/aromatic N) is 3. The van der Waals surface area contributed by atoms with Gasteiger partial charge in [0.2, 0.25) is 0 Å². The topological polar surface area (TPSA) is 46.1 Å². The number of likely N-dealkylation sites (tertiary alicyclic amines) is 1. The molecule has 1 aromatic carbocycles. The molecule has 2 aromatic rings. The first-order valence-electron chi connectivity index (χ1n) is 8.35. The van der Waals surface area contributed by atoms with Crippen molar-refractivity contribution in [1.82, 2.24) is 14.9 Å². The molecule has 1 aliphatic rings. The Morgan fingerprint density at radius 1 is 1.26 bits per heavy atom. The van der Waals surface area contributed by atoms with Crippen LogP contribution >= 0.6 is 0 Å². The zero-order valence-electron chi connectivity index (χ0n) is 13.8. The highest BCUT2D eigenvalue weighted by molar-refractivity contribution is 5.92. The van der Waals surface area contributed by atoms with Crippen LogP contribution in [-0.4, -0.2) is 33.4 Å². The number of carbonyl (C=O) groups excluding carboxylic acids is 1. The van der Waals surface area contributed by atoms with Gasteiger partial charge in [-0.1, -0.05) is 37.3 Å². The highest BCUT2D eigenvalue weighted by Crippen LogP contribution is 2.34. The highest BCUT2D eigenvalue weighted by atomic mass is 16.2. The zero-order chi connectivity index (χ0) is 16.2. The third kappa shape index (κ3) is 3.26. The van der Waals surface area contributed by atoms with Crippen molar-refractivity contribution in [2.45, 2.75) is 45.1 Å². The van der Waals surface area contributed by atoms with Crippen molar-refractivity contribution >= 4 is 5.91 Å². The first kappa shape index (κ1) is 15.7. The minimum Gasteiger partial charge on any atom is -0.334 e. The van der Waals surface area contributed by atoms with E-state index in [4.69, 9.17) is 0 Å². The molecule has 1 aliphatic heterocycles. The van der Waals surface area contributed by atoms with Crippen molar-refractivity contribution < 1.29 is 4.79 Å². The van der Waals surface area contributed by atoms with Crippen molar-refractivity contribution in [2.75, 3.05) is 6.54 Å². The van der Waals surface area contributed by atoms with Crippen LogP contribution in [0.1, 0.15) is 53.8 Å². The molecule has 0 aliphatic carbocycles. The molecule has 1 amide bonds. The van der Waals surface area contributed by atoms with Gasteiger partial charge in [0.1, 0.15) is 5.69 Å². The molecule has 2 heterocycles. The number of benzene rings is 1. The highest BCUT2D eigenvalue weighted by Gasteiger charge is 2.35. The molecule has 1 saturated heterocycles. The monoisotopic (exact) mass is 309 g/mol. The van der Waals surface area contributed by atoms with E-state index in [1.165, 1.54) is 5.56 Å². The largest absolute Gasteiger partial charge is 0.334 e. The minimum atomic E-state index is 0.00869. The van der Waals surface area contributed by atoms with E-state index in [-0.39, 0.29) is 11.9 Å². The molecule has 0 bridgehead atoms. The maximum absolute atomic E-state index is 12.8. The third-order valence-corrected chi connectivity index (χ3v) is 4.69. The Labute approximate surface area is 137 Å². The normalized spacial score (nSPS) is 18.9. The second-order valence-electron chi connectivity index (χ2n) is 6.18. The maximum atomic E-state index is 12.8. The van der Waals surface area contributed by atoms with Gasteiger partial charge in [-0.2, -0.15) is 0 Å². The lowest BCUT2D eigenvalue weighted by molar-refractivity contribution is 0.0708. The van der Waals surface area contributed by atoms with Gasteiger partial charge in [0.25, 0.3) is 5.91 Å². The van der Waals surface area contributed by atoms with Crippen LogP contribution in [0.3, 0.4) is 0 Å². The van der Waals surface area contributed by atoms with Gasteiger partial charge in [0.05, 0.1) is 11.9 Å². The molecule has 0 unspecified atom stereocenters. The molecule has 0 saturated carbocycles. The molecule has 120 valence electrons. The zero-order valence-corrected chi connectivity index (χ0v) is 13.8. The van der Waals surface area contributed by atoms with Gasteiger partial charge in [0.15, 0.2) is 0 Å². The van der Waals surface area contributed by atoms with Crippen LogP contribution in [0, 0.1) is 6.92 Å². The van der Waals surface area contributed by atoms with Gasteiger partial charge in [0, 0.05) is 24.7 Å². The van der Waals surface area contributed by atoms with E-state index >= 15 is 0 Å². The van der Waals surface area contributed by atoms with Crippen LogP contribution in [-0.2, 0) is 0 Å². The van der Waals surface area contributed by atoms with E-state index in [2.05, 4.69) is 41.2 Å². The molecule has 1 fully saturated rings. The third-order valence-electron chi connectivity index (χ3n) is 4.69. The molecule has 23 heavy (non-hydrogen) atoms. The van der Waals surface area contributed by atoms with Gasteiger partial charge >= 0.3 is 0 Å². The molecule has 0 spiro atoms. The lowest BCUT2D eigenvalue weighted by Crippen LogP contribution is -2.39. The quantitative estimate of drug-likeness (QED) is 0.867. The molecular formula is C19H23N3O. The van der Waals surface area contributed by atoms with Crippen LogP contribution in [0.2, 0.25) is 0 Å². The first-order chi connectivity index (χ1) is 11.2. The van der Waals surface area contributed by atoms with Crippen molar-refractivity contribution in [1.29, 1.82) is 0 Å². The Hall–Kier alpha value is -2.23. The van der Waals surface area contributed by atoms with Crippen LogP contribution in [0.5, 0.6) is 0 Å². The van der Waals surface area contributed by atoms with E-state index < -0.39 is 0 Å². The van der Waals surface area contributed by atoms with Crippen molar-refractivity contribution in [3.63, 3.8) is 0 Å². The molecule has 4 heteroatoms. The summed E-state index contributed by atoms with van der Waals surface area (Å²) in [6.45, 7) is 4.88. The smallest absolute Gasteiger partial charge is 0.274 e. The van der Waals surface area contributed by atoms with Gasteiger partial charge in [-0.05, 0) is 31.7 Å². The predicted molar refractivity (Wildman–Crippen MR) is 90.3 cm³/mol. The predicted octanol–water partition coefficient (Wildman–Crippen LogP) is 3.58. The fourth-order valence-corrected chi connectivity index (χ4v) is 3.54. The summed E-state index contributed by atoms with van der Waals surface area (Å²) < 4.78 is 0. The summed E-state index contributed by atoms with van der Waals surface area (Å²) in [5.74, 6) is 0.385. The first-order valence-corrected chi connectivity index (χ1v) is 8.35. The Morgan fingerprint density at radius 3 is 2.70 bits per heavy atom. The molecule has 3 rings (SSSR count). The summed E-state index contributed by atoms with van der Waals surface area (Å²) in [6.07, 6.45) is 6.39. The van der Waals surface area contributed by atoms with E-state index in [9.17, 15) is 4.79 Å². The van der Waals surface area contributed by atoms with Crippen molar-refractivity contribution in [3.8, 4) is 0 Å². The standard InChI is InChI=1S/C19H23N3O/c1-3-16(15-8-5-4-6-9-15)18-10-7-11-22(18)19(23)17-13-20-14(2)12-21-17/h4-6,8-9,12-13,16,18H,3,7,10-11H2,1-2H3/t16-,18+/m1/s1. The van der Waals surface area contributed by atoms with Gasteiger partial charge in [-0.25, -0.2) is 4.98 Å². The van der Waals surface area contributed by atoms with Gasteiger partial charge in [-0.3, -0.25) is 9.78 Å². The summed E-state index contributed by atoms with van der Waals surface area (Å²) in [6, 6.07) is 10.8. The number of hydrogen-bond donors (Lipinski definition) is 0. The average molecular weight is 309 g/mol. The lowest BCUT2D eigenvalue weighted by atomic mass is 9.87. The molecular weight excluding hydrogens is 286 g/mol. The molecule has 0 radical (unpaired) electrons. The van der Waals surface area contributed by atoms with E-state index in [1.807, 2.05) is 17.9 Å². The van der Waals surface area contributed by atoms with E-state index in [1.54, 1.807) is 12.4 Å². The molecule has 1 aromatic heterocycles. The summed E-state index contributed by atoms with van der Waals surface area (Å²) in [4.78, 5) is 23.3. The fraction of sp³-hybridized carbons (Fsp3) is 0.421. The Bertz CT molecular complexity index is 654. The van der Waals surface area contributed by atoms with Crippen LogP contribution in [0.4, 0.5) is 0 Å². The van der Waals surface area contributed by atoms with Gasteiger partial charge in [-0.15, -0.1) is 0 Å². The summed E-state index contributed by atoms with van der Waals surface area (Å²) in [5, 5.41) is 0. The van der Waals surface area contributed by atoms with Gasteiger partial charge < -0.3 is 4.90 Å². The number of rotatable bonds is 4. The minimum absolute atomic E-state index is 0.00869. The number of hydrogen-bond acceptors (Lipinski definition) is 3. The number of carbonyl (C=O) groups is 1. The van der Waals surface area contributed by atoms with Crippen molar-refractivity contribution in [2.24, 2.45) is 0 Å². The SMILES string of the molecule is CC[C@H](c1ccccc1)[C@@H]1CCCN1C(=O)c1cnc(C)cn1. The molecule has 0 N–H and O–H groups in total. The fourth-order valence-electron chi connectivity index (χ4n) is 3.54. The lowest BCUT2D eigenvalue weighted by Gasteiger charge is -2.31. The van der Waals surface area contributed by atoms with E-state index in [0.29, 0.717) is 11.6 Å². The Balaban J connectivity index is 1.84. The second-order valence-corrected chi connectivity index (χ2v) is 6.18. The maximum Gasteiger partial charge on any atom is 0.274 e. The van der Waals surface area contributed by atoms with Crippen LogP contribution in [0.25, 0.3) is 0 Å². The molecule has 2 atom stereocenters. The number of aryl methyl sites for hydroxylation is 1. The Morgan fingerprint density at radius 2 is 2.04 bits per heavy atom. The second kappa shape index (κ2) is 6.90. The van der Waals surface area contributed by atoms with Crippen LogP contribution < -0.4 is 0 Å². The Kier molecular flexibility index (Phi) is 4.70. The number of amides is 1. The molecule has 4 nitrogen and oxygen atoms in total. The van der Waals surface area contributed by atoms with E-state index in [0.717, 1.165) is 31.5 Å². The average Bonchev–Trinajstić information content (AvgIpc) is 3.06. The van der Waals surface area contributed by atoms with Crippen LogP contribution in [0.15, 0.2) is 42.7 Å². The summed E-state index contributed by atoms with van der Waals surface area (Å²) >= 11 is 0. The summed E-state index contributed by atoms with van der Waals surface area (Å²) in [5.41, 5.74) is 2.59.